The number of ether oxygens (including phenoxy) is 1. The molecular weight excluding hydrogens is 246 g/mol. The van der Waals surface area contributed by atoms with Gasteiger partial charge >= 0.3 is 5.97 Å². The van der Waals surface area contributed by atoms with Crippen molar-refractivity contribution in [1.29, 1.82) is 0 Å². The Morgan fingerprint density at radius 3 is 3.05 bits per heavy atom. The van der Waals surface area contributed by atoms with Gasteiger partial charge in [0.25, 0.3) is 0 Å². The number of nitrogens with zero attached hydrogens (tertiary/aromatic N) is 1. The molecule has 2 rings (SSSR count). The molecule has 104 valence electrons. The lowest BCUT2D eigenvalue weighted by Gasteiger charge is -2.14. The minimum atomic E-state index is -0.983. The van der Waals surface area contributed by atoms with Crippen molar-refractivity contribution in [3.05, 3.63) is 24.3 Å². The number of hydrogen-bond acceptors (Lipinski definition) is 4. The van der Waals surface area contributed by atoms with E-state index >= 15 is 0 Å². The number of rotatable bonds is 7. The van der Waals surface area contributed by atoms with E-state index in [9.17, 15) is 4.79 Å². The Bertz CT molecular complexity index is 400. The van der Waals surface area contributed by atoms with Crippen molar-refractivity contribution in [3.63, 3.8) is 0 Å². The molecule has 0 amide bonds. The van der Waals surface area contributed by atoms with Crippen LogP contribution in [0, 0.1) is 0 Å². The molecule has 0 saturated heterocycles. The fourth-order valence-corrected chi connectivity index (χ4v) is 2.10. The van der Waals surface area contributed by atoms with Crippen molar-refractivity contribution in [1.82, 2.24) is 0 Å². The third kappa shape index (κ3) is 4.52. The molecule has 5 nitrogen and oxygen atoms in total. The highest BCUT2D eigenvalue weighted by molar-refractivity contribution is 6.35. The third-order valence-electron chi connectivity index (χ3n) is 3.17. The van der Waals surface area contributed by atoms with Crippen LogP contribution in [0.2, 0.25) is 0 Å². The molecule has 1 N–H and O–H groups in total. The fourth-order valence-electron chi connectivity index (χ4n) is 2.10. The van der Waals surface area contributed by atoms with E-state index in [1.54, 1.807) is 0 Å². The lowest BCUT2D eigenvalue weighted by molar-refractivity contribution is -0.129. The first kappa shape index (κ1) is 13.8. The van der Waals surface area contributed by atoms with E-state index in [4.69, 9.17) is 14.7 Å². The summed E-state index contributed by atoms with van der Waals surface area (Å²) in [5.74, 6) is -0.983. The molecule has 19 heavy (non-hydrogen) atoms. The molecule has 1 heterocycles. The molecule has 0 aromatic rings. The predicted molar refractivity (Wildman–Crippen MR) is 71.0 cm³/mol. The summed E-state index contributed by atoms with van der Waals surface area (Å²) in [5, 5.41) is 12.3. The Morgan fingerprint density at radius 2 is 2.37 bits per heavy atom. The van der Waals surface area contributed by atoms with Crippen LogP contribution in [0.3, 0.4) is 0 Å². The summed E-state index contributed by atoms with van der Waals surface area (Å²) in [7, 11) is 0. The quantitative estimate of drug-likeness (QED) is 0.717. The lowest BCUT2D eigenvalue weighted by atomic mass is 10.1. The maximum atomic E-state index is 10.7. The second-order valence-electron chi connectivity index (χ2n) is 4.73. The second-order valence-corrected chi connectivity index (χ2v) is 4.73. The van der Waals surface area contributed by atoms with Gasteiger partial charge in [-0.05, 0) is 25.7 Å². The van der Waals surface area contributed by atoms with Crippen LogP contribution in [0.15, 0.2) is 29.5 Å². The Balaban J connectivity index is 1.50. The lowest BCUT2D eigenvalue weighted by Crippen LogP contribution is -2.15. The molecule has 0 spiro atoms. The van der Waals surface area contributed by atoms with Crippen molar-refractivity contribution in [2.24, 2.45) is 5.16 Å². The first-order chi connectivity index (χ1) is 9.25. The van der Waals surface area contributed by atoms with Gasteiger partial charge in [0.15, 0.2) is 5.71 Å². The highest BCUT2D eigenvalue weighted by atomic mass is 16.6. The zero-order valence-electron chi connectivity index (χ0n) is 10.8. The number of allylic oxidation sites excluding steroid dienone is 2. The van der Waals surface area contributed by atoms with Crippen molar-refractivity contribution < 1.29 is 19.5 Å². The Morgan fingerprint density at radius 1 is 1.47 bits per heavy atom. The number of aliphatic carboxylic acids is 1. The van der Waals surface area contributed by atoms with Gasteiger partial charge in [-0.2, -0.15) is 0 Å². The first-order valence-corrected chi connectivity index (χ1v) is 6.66. The summed E-state index contributed by atoms with van der Waals surface area (Å²) >= 11 is 0. The Hall–Kier alpha value is -1.62. The third-order valence-corrected chi connectivity index (χ3v) is 3.17. The van der Waals surface area contributed by atoms with Crippen LogP contribution in [0.5, 0.6) is 0 Å². The smallest absolute Gasteiger partial charge is 0.353 e. The van der Waals surface area contributed by atoms with Crippen molar-refractivity contribution >= 4 is 11.7 Å². The molecule has 0 aromatic heterocycles. The van der Waals surface area contributed by atoms with Gasteiger partial charge in [-0.1, -0.05) is 29.5 Å². The molecule has 2 unspecified atom stereocenters. The van der Waals surface area contributed by atoms with Gasteiger partial charge in [-0.25, -0.2) is 4.79 Å². The summed E-state index contributed by atoms with van der Waals surface area (Å²) in [6.45, 7) is 0.724. The summed E-state index contributed by atoms with van der Waals surface area (Å²) in [5.41, 5.74) is 0.125. The highest BCUT2D eigenvalue weighted by Gasteiger charge is 2.25. The minimum Gasteiger partial charge on any atom is -0.477 e. The van der Waals surface area contributed by atoms with Gasteiger partial charge in [0, 0.05) is 13.0 Å². The maximum Gasteiger partial charge on any atom is 0.353 e. The Labute approximate surface area is 112 Å². The average molecular weight is 265 g/mol. The van der Waals surface area contributed by atoms with Crippen molar-refractivity contribution in [2.45, 2.75) is 44.3 Å². The summed E-state index contributed by atoms with van der Waals surface area (Å²) < 4.78 is 5.71. The van der Waals surface area contributed by atoms with Crippen LogP contribution in [-0.4, -0.2) is 35.6 Å². The van der Waals surface area contributed by atoms with E-state index < -0.39 is 5.97 Å². The minimum absolute atomic E-state index is 0.0800. The van der Waals surface area contributed by atoms with Gasteiger partial charge < -0.3 is 14.7 Å². The summed E-state index contributed by atoms with van der Waals surface area (Å²) in [6.07, 6.45) is 12.4. The number of carboxylic acids is 1. The van der Waals surface area contributed by atoms with Crippen LogP contribution in [-0.2, 0) is 14.4 Å². The van der Waals surface area contributed by atoms with Gasteiger partial charge in [0.1, 0.15) is 6.10 Å². The molecule has 2 atom stereocenters. The van der Waals surface area contributed by atoms with Gasteiger partial charge in [-0.3, -0.25) is 0 Å². The van der Waals surface area contributed by atoms with E-state index in [0.717, 1.165) is 32.3 Å². The van der Waals surface area contributed by atoms with Gasteiger partial charge in [-0.15, -0.1) is 0 Å². The number of oxime groups is 1. The largest absolute Gasteiger partial charge is 0.477 e. The van der Waals surface area contributed by atoms with Gasteiger partial charge in [0.2, 0.25) is 0 Å². The topological polar surface area (TPSA) is 68.1 Å². The standard InChI is InChI=1S/C14H19NO4/c16-14(17)13-10-12(19-15-13)8-4-5-9-18-11-6-2-1-3-7-11/h1-3,6,11-12H,4-5,7-10H2,(H,16,17). The number of carboxylic acid groups (broad SMARTS) is 1. The molecular formula is C14H19NO4. The fraction of sp³-hybridized carbons (Fsp3) is 0.571. The molecule has 2 aliphatic rings. The van der Waals surface area contributed by atoms with E-state index in [1.807, 2.05) is 12.2 Å². The number of unbranched alkanes of at least 4 members (excludes halogenated alkanes) is 1. The van der Waals surface area contributed by atoms with Crippen LogP contribution in [0.1, 0.15) is 32.1 Å². The molecule has 1 aliphatic carbocycles. The first-order valence-electron chi connectivity index (χ1n) is 6.66. The van der Waals surface area contributed by atoms with Crippen LogP contribution in [0.25, 0.3) is 0 Å². The molecule has 0 bridgehead atoms. The molecule has 0 fully saturated rings. The zero-order chi connectivity index (χ0) is 13.5. The summed E-state index contributed by atoms with van der Waals surface area (Å²) in [4.78, 5) is 15.7. The monoisotopic (exact) mass is 265 g/mol. The molecule has 0 radical (unpaired) electrons. The number of hydrogen-bond donors (Lipinski definition) is 1. The summed E-state index contributed by atoms with van der Waals surface area (Å²) in [6, 6.07) is 0. The maximum absolute atomic E-state index is 10.7. The SMILES string of the molecule is O=C(O)C1=NOC(CCCCOC2C=CC=CC2)C1. The second kappa shape index (κ2) is 7.09. The molecule has 5 heteroatoms. The van der Waals surface area contributed by atoms with E-state index in [0.29, 0.717) is 6.42 Å². The van der Waals surface area contributed by atoms with Crippen LogP contribution in [0.4, 0.5) is 0 Å². The zero-order valence-corrected chi connectivity index (χ0v) is 10.8. The Kier molecular flexibility index (Phi) is 5.15. The van der Waals surface area contributed by atoms with E-state index in [1.165, 1.54) is 0 Å². The predicted octanol–water partition coefficient (Wildman–Crippen LogP) is 2.29. The van der Waals surface area contributed by atoms with Crippen molar-refractivity contribution in [3.8, 4) is 0 Å². The van der Waals surface area contributed by atoms with E-state index in [2.05, 4.69) is 17.3 Å². The highest BCUT2D eigenvalue weighted by Crippen LogP contribution is 2.17. The average Bonchev–Trinajstić information content (AvgIpc) is 2.89. The molecule has 0 saturated carbocycles. The molecule has 1 aliphatic heterocycles. The van der Waals surface area contributed by atoms with E-state index in [-0.39, 0.29) is 17.9 Å². The van der Waals surface area contributed by atoms with Crippen LogP contribution >= 0.6 is 0 Å². The molecule has 0 aromatic carbocycles. The van der Waals surface area contributed by atoms with Crippen LogP contribution < -0.4 is 0 Å². The van der Waals surface area contributed by atoms with Gasteiger partial charge in [0.05, 0.1) is 6.10 Å². The van der Waals surface area contributed by atoms with Crippen molar-refractivity contribution in [2.75, 3.05) is 6.61 Å². The number of carbonyl (C=O) groups is 1. The normalized spacial score (nSPS) is 25.2.